The third kappa shape index (κ3) is 8.06. The van der Waals surface area contributed by atoms with E-state index in [1.807, 2.05) is 11.6 Å². The largest absolute Gasteiger partial charge is 0.458 e. The number of sulfonamides is 1. The molecule has 45 heavy (non-hydrogen) atoms. The average Bonchev–Trinajstić information content (AvgIpc) is 3.45. The average molecular weight is 662 g/mol. The Morgan fingerprint density at radius 2 is 1.60 bits per heavy atom. The van der Waals surface area contributed by atoms with E-state index in [9.17, 15) is 31.2 Å². The van der Waals surface area contributed by atoms with Crippen molar-refractivity contribution in [2.75, 3.05) is 18.5 Å². The van der Waals surface area contributed by atoms with E-state index in [-0.39, 0.29) is 27.9 Å². The Bertz CT molecular complexity index is 1760. The first-order valence-electron chi connectivity index (χ1n) is 14.0. The van der Waals surface area contributed by atoms with E-state index in [0.717, 1.165) is 30.1 Å². The number of rotatable bonds is 11. The molecule has 0 fully saturated rings. The summed E-state index contributed by atoms with van der Waals surface area (Å²) in [5.41, 5.74) is 0.362. The number of hydrogen-bond donors (Lipinski definition) is 1. The highest BCUT2D eigenvalue weighted by Crippen LogP contribution is 2.36. The molecule has 0 bridgehead atoms. The molecule has 0 aliphatic carbocycles. The first-order valence-corrected chi connectivity index (χ1v) is 15.9. The van der Waals surface area contributed by atoms with Crippen molar-refractivity contribution >= 4 is 39.2 Å². The van der Waals surface area contributed by atoms with Crippen LogP contribution in [0.25, 0.3) is 11.1 Å². The van der Waals surface area contributed by atoms with Crippen molar-refractivity contribution in [1.29, 1.82) is 0 Å². The van der Waals surface area contributed by atoms with Gasteiger partial charge in [-0.15, -0.1) is 0 Å². The van der Waals surface area contributed by atoms with Gasteiger partial charge in [0, 0.05) is 25.7 Å². The molecule has 3 amide bonds. The van der Waals surface area contributed by atoms with Crippen molar-refractivity contribution in [2.45, 2.75) is 43.8 Å². The minimum absolute atomic E-state index is 0.0375. The maximum Gasteiger partial charge on any atom is 0.418 e. The Hall–Kier alpha value is -4.29. The summed E-state index contributed by atoms with van der Waals surface area (Å²) in [6, 6.07) is 18.5. The number of amides is 3. The molecule has 4 aromatic rings. The molecular weight excluding hydrogens is 631 g/mol. The van der Waals surface area contributed by atoms with Crippen molar-refractivity contribution < 1.29 is 35.6 Å². The van der Waals surface area contributed by atoms with Gasteiger partial charge in [0.05, 0.1) is 27.4 Å². The van der Waals surface area contributed by atoms with E-state index < -0.39 is 33.7 Å². The normalized spacial score (nSPS) is 11.7. The Morgan fingerprint density at radius 1 is 0.933 bits per heavy atom. The predicted molar refractivity (Wildman–Crippen MR) is 165 cm³/mol. The van der Waals surface area contributed by atoms with Gasteiger partial charge in [0.2, 0.25) is 5.76 Å². The lowest BCUT2D eigenvalue weighted by Crippen LogP contribution is -2.42. The van der Waals surface area contributed by atoms with Crippen LogP contribution in [0.15, 0.2) is 94.4 Å². The van der Waals surface area contributed by atoms with Gasteiger partial charge in [-0.3, -0.25) is 9.69 Å². The van der Waals surface area contributed by atoms with Crippen LogP contribution >= 0.6 is 11.6 Å². The third-order valence-corrected chi connectivity index (χ3v) is 8.71. The van der Waals surface area contributed by atoms with Gasteiger partial charge >= 0.3 is 18.1 Å². The van der Waals surface area contributed by atoms with Gasteiger partial charge in [0.15, 0.2) is 0 Å². The molecule has 3 aromatic carbocycles. The number of halogens is 4. The van der Waals surface area contributed by atoms with Crippen molar-refractivity contribution in [3.8, 4) is 11.1 Å². The van der Waals surface area contributed by atoms with Crippen LogP contribution < -0.4 is 9.62 Å². The number of unbranched alkanes of at least 4 members (excludes halogenated alkanes) is 2. The fourth-order valence-corrected chi connectivity index (χ4v) is 6.11. The lowest BCUT2D eigenvalue weighted by Gasteiger charge is -2.30. The number of anilines is 1. The highest BCUT2D eigenvalue weighted by atomic mass is 35.5. The van der Waals surface area contributed by atoms with Gasteiger partial charge in [-0.05, 0) is 41.8 Å². The number of nitrogens with one attached hydrogen (secondary N) is 1. The van der Waals surface area contributed by atoms with Gasteiger partial charge in [-0.2, -0.15) is 13.2 Å². The summed E-state index contributed by atoms with van der Waals surface area (Å²) < 4.78 is 74.3. The van der Waals surface area contributed by atoms with E-state index in [1.165, 1.54) is 48.3 Å². The molecule has 1 heterocycles. The zero-order chi connectivity index (χ0) is 32.8. The highest BCUT2D eigenvalue weighted by Gasteiger charge is 2.35. The number of urea groups is 1. The quantitative estimate of drug-likeness (QED) is 0.164. The number of carbonyl (C=O) groups excluding carboxylic acids is 2. The van der Waals surface area contributed by atoms with Crippen molar-refractivity contribution in [3.63, 3.8) is 0 Å². The number of alkyl halides is 3. The molecule has 0 aliphatic heterocycles. The summed E-state index contributed by atoms with van der Waals surface area (Å²) in [5.74, 6) is -1.36. The fraction of sp³-hybridized carbons (Fsp3) is 0.250. The topological polar surface area (TPSA) is 99.9 Å². The summed E-state index contributed by atoms with van der Waals surface area (Å²) in [5, 5.41) is -0.0375. The van der Waals surface area contributed by atoms with Crippen LogP contribution in [-0.2, 0) is 22.7 Å². The Balaban J connectivity index is 1.57. The number of furan rings is 1. The smallest absolute Gasteiger partial charge is 0.418 e. The van der Waals surface area contributed by atoms with E-state index in [2.05, 4.69) is 0 Å². The second-order valence-corrected chi connectivity index (χ2v) is 12.3. The van der Waals surface area contributed by atoms with Gasteiger partial charge in [-0.25, -0.2) is 17.9 Å². The molecule has 0 saturated heterocycles. The maximum absolute atomic E-state index is 13.7. The molecule has 4 rings (SSSR count). The van der Waals surface area contributed by atoms with Crippen LogP contribution in [0.4, 0.5) is 23.7 Å². The second kappa shape index (κ2) is 14.2. The van der Waals surface area contributed by atoms with E-state index in [0.29, 0.717) is 29.7 Å². The molecule has 1 aromatic heterocycles. The number of nitrogens with zero attached hydrogens (tertiary/aromatic N) is 2. The molecule has 8 nitrogen and oxygen atoms in total. The standard InChI is InChI=1S/C32H31ClF3N3O5S/c1-3-4-9-19-39(31(41)38(2)27-12-7-6-11-25(27)32(34,35)36)21-22-14-16-23(17-15-22)24-10-5-8-13-28(24)45(42,43)37-30(40)29-26(33)18-20-44-29/h5-8,10-18,20H,3-4,9,19,21H2,1-2H3,(H,37,40). The summed E-state index contributed by atoms with van der Waals surface area (Å²) in [7, 11) is -3.02. The van der Waals surface area contributed by atoms with Crippen molar-refractivity contribution in [3.05, 3.63) is 107 Å². The first kappa shape index (κ1) is 33.6. The van der Waals surface area contributed by atoms with Gasteiger partial charge in [0.1, 0.15) is 0 Å². The predicted octanol–water partition coefficient (Wildman–Crippen LogP) is 7.99. The zero-order valence-electron chi connectivity index (χ0n) is 24.5. The van der Waals surface area contributed by atoms with Crippen LogP contribution in [0.5, 0.6) is 0 Å². The van der Waals surface area contributed by atoms with Crippen molar-refractivity contribution in [1.82, 2.24) is 9.62 Å². The SMILES string of the molecule is CCCCCN(Cc1ccc(-c2ccccc2S(=O)(=O)NC(=O)c2occc2Cl)cc1)C(=O)N(C)c1ccccc1C(F)(F)F. The van der Waals surface area contributed by atoms with E-state index >= 15 is 0 Å². The lowest BCUT2D eigenvalue weighted by atomic mass is 10.0. The molecule has 0 unspecified atom stereocenters. The molecular formula is C32H31ClF3N3O5S. The van der Waals surface area contributed by atoms with Crippen molar-refractivity contribution in [2.24, 2.45) is 0 Å². The molecule has 0 spiro atoms. The van der Waals surface area contributed by atoms with Crippen LogP contribution in [0, 0.1) is 0 Å². The Morgan fingerprint density at radius 3 is 2.24 bits per heavy atom. The molecule has 0 saturated carbocycles. The van der Waals surface area contributed by atoms with E-state index in [4.69, 9.17) is 16.0 Å². The number of para-hydroxylation sites is 1. The molecule has 0 radical (unpaired) electrons. The summed E-state index contributed by atoms with van der Waals surface area (Å²) in [6.45, 7) is 2.45. The maximum atomic E-state index is 13.7. The summed E-state index contributed by atoms with van der Waals surface area (Å²) >= 11 is 5.89. The highest BCUT2D eigenvalue weighted by molar-refractivity contribution is 7.90. The van der Waals surface area contributed by atoms with Gasteiger partial charge < -0.3 is 9.32 Å². The van der Waals surface area contributed by atoms with E-state index in [1.54, 1.807) is 36.4 Å². The Labute approximate surface area is 264 Å². The molecule has 238 valence electrons. The molecule has 0 aliphatic rings. The van der Waals surface area contributed by atoms with Gasteiger partial charge in [-0.1, -0.05) is 86.0 Å². The summed E-state index contributed by atoms with van der Waals surface area (Å²) in [6.07, 6.45) is -1.08. The molecule has 13 heteroatoms. The van der Waals surface area contributed by atoms with Crippen LogP contribution in [0.3, 0.4) is 0 Å². The van der Waals surface area contributed by atoms with Crippen LogP contribution in [-0.4, -0.2) is 38.8 Å². The third-order valence-electron chi connectivity index (χ3n) is 7.03. The summed E-state index contributed by atoms with van der Waals surface area (Å²) in [4.78, 5) is 28.4. The Kier molecular flexibility index (Phi) is 10.6. The van der Waals surface area contributed by atoms with Gasteiger partial charge in [0.25, 0.3) is 10.0 Å². The minimum atomic E-state index is -4.63. The molecule has 0 atom stereocenters. The molecule has 1 N–H and O–H groups in total. The fourth-order valence-electron chi connectivity index (χ4n) is 4.74. The lowest BCUT2D eigenvalue weighted by molar-refractivity contribution is -0.137. The number of benzene rings is 3. The number of carbonyl (C=O) groups is 2. The first-order chi connectivity index (χ1) is 21.3. The zero-order valence-corrected chi connectivity index (χ0v) is 26.0. The minimum Gasteiger partial charge on any atom is -0.458 e. The monoisotopic (exact) mass is 661 g/mol. The van der Waals surface area contributed by atoms with Crippen LogP contribution in [0.2, 0.25) is 5.02 Å². The van der Waals surface area contributed by atoms with Crippen LogP contribution in [0.1, 0.15) is 47.9 Å². The second-order valence-electron chi connectivity index (χ2n) is 10.2. The number of hydrogen-bond acceptors (Lipinski definition) is 5.